The van der Waals surface area contributed by atoms with Gasteiger partial charge in [0.1, 0.15) is 0 Å². The predicted molar refractivity (Wildman–Crippen MR) is 59.9 cm³/mol. The molecule has 1 fully saturated rings. The van der Waals surface area contributed by atoms with E-state index in [1.54, 1.807) is 0 Å². The first kappa shape index (κ1) is 13.6. The first-order chi connectivity index (χ1) is 8.26. The fourth-order valence-electron chi connectivity index (χ4n) is 2.37. The van der Waals surface area contributed by atoms with Crippen molar-refractivity contribution in [2.75, 3.05) is 6.61 Å². The molecule has 0 N–H and O–H groups in total. The van der Waals surface area contributed by atoms with Gasteiger partial charge in [0.15, 0.2) is 0 Å². The fraction of sp³-hybridized carbons (Fsp3) is 0.692. The Balaban J connectivity index is 2.28. The van der Waals surface area contributed by atoms with E-state index in [0.717, 1.165) is 19.1 Å². The summed E-state index contributed by atoms with van der Waals surface area (Å²) in [5.41, 5.74) is -1.09. The van der Waals surface area contributed by atoms with Gasteiger partial charge >= 0.3 is 11.8 Å². The van der Waals surface area contributed by atoms with Crippen LogP contribution in [0.25, 0.3) is 0 Å². The maximum atomic E-state index is 13.9. The van der Waals surface area contributed by atoms with Crippen molar-refractivity contribution < 1.29 is 22.3 Å². The summed E-state index contributed by atoms with van der Waals surface area (Å²) in [7, 11) is 0. The summed E-state index contributed by atoms with van der Waals surface area (Å²) >= 11 is 0. The second kappa shape index (κ2) is 4.37. The highest BCUT2D eigenvalue weighted by molar-refractivity contribution is 5.38. The van der Waals surface area contributed by atoms with Gasteiger partial charge in [0, 0.05) is 17.1 Å². The van der Waals surface area contributed by atoms with Crippen LogP contribution >= 0.6 is 0 Å². The molecule has 2 unspecified atom stereocenters. The molecular weight excluding hydrogens is 248 g/mol. The van der Waals surface area contributed by atoms with Crippen molar-refractivity contribution in [3.8, 4) is 0 Å². The van der Waals surface area contributed by atoms with Crippen LogP contribution in [0.15, 0.2) is 23.3 Å². The van der Waals surface area contributed by atoms with Crippen molar-refractivity contribution in [3.05, 3.63) is 23.3 Å². The van der Waals surface area contributed by atoms with Crippen LogP contribution in [0.1, 0.15) is 26.7 Å². The second-order valence-electron chi connectivity index (χ2n) is 5.04. The van der Waals surface area contributed by atoms with Gasteiger partial charge in [-0.05, 0) is 26.7 Å². The minimum atomic E-state index is -4.11. The monoisotopic (exact) mass is 264 g/mol. The van der Waals surface area contributed by atoms with Crippen molar-refractivity contribution in [1.82, 2.24) is 0 Å². The minimum absolute atomic E-state index is 0.0110. The zero-order valence-corrected chi connectivity index (χ0v) is 10.4. The van der Waals surface area contributed by atoms with Crippen molar-refractivity contribution in [2.24, 2.45) is 5.92 Å². The Morgan fingerprint density at radius 3 is 2.33 bits per heavy atom. The molecule has 18 heavy (non-hydrogen) atoms. The number of alkyl halides is 4. The molecule has 2 rings (SSSR count). The SMILES string of the molecule is CC1=CC=C(C2CCC(C)OC2)C(F)(F)C1(F)F. The van der Waals surface area contributed by atoms with Crippen LogP contribution in [-0.4, -0.2) is 24.6 Å². The van der Waals surface area contributed by atoms with Gasteiger partial charge in [-0.25, -0.2) is 0 Å². The molecule has 5 heteroatoms. The molecule has 1 heterocycles. The molecule has 0 spiro atoms. The maximum Gasteiger partial charge on any atom is 0.336 e. The van der Waals surface area contributed by atoms with E-state index in [4.69, 9.17) is 4.74 Å². The Hall–Kier alpha value is -0.840. The summed E-state index contributed by atoms with van der Waals surface area (Å²) in [4.78, 5) is 0. The molecule has 1 saturated heterocycles. The zero-order chi connectivity index (χ0) is 13.6. The van der Waals surface area contributed by atoms with Gasteiger partial charge in [-0.3, -0.25) is 0 Å². The zero-order valence-electron chi connectivity index (χ0n) is 10.4. The minimum Gasteiger partial charge on any atom is -0.378 e. The molecular formula is C13H16F4O. The van der Waals surface area contributed by atoms with Crippen molar-refractivity contribution in [1.29, 1.82) is 0 Å². The molecule has 0 aromatic heterocycles. The molecule has 0 radical (unpaired) electrons. The molecule has 1 aliphatic heterocycles. The van der Waals surface area contributed by atoms with Crippen molar-refractivity contribution in [3.63, 3.8) is 0 Å². The van der Waals surface area contributed by atoms with Crippen LogP contribution in [0.5, 0.6) is 0 Å². The Morgan fingerprint density at radius 1 is 1.11 bits per heavy atom. The molecule has 1 nitrogen and oxygen atoms in total. The van der Waals surface area contributed by atoms with Crippen LogP contribution < -0.4 is 0 Å². The van der Waals surface area contributed by atoms with Gasteiger partial charge < -0.3 is 4.74 Å². The summed E-state index contributed by atoms with van der Waals surface area (Å²) in [5.74, 6) is -8.83. The van der Waals surface area contributed by atoms with Gasteiger partial charge in [-0.2, -0.15) is 17.6 Å². The van der Waals surface area contributed by atoms with Gasteiger partial charge in [-0.15, -0.1) is 0 Å². The van der Waals surface area contributed by atoms with Crippen molar-refractivity contribution in [2.45, 2.75) is 44.6 Å². The maximum absolute atomic E-state index is 13.9. The lowest BCUT2D eigenvalue weighted by Crippen LogP contribution is -2.47. The van der Waals surface area contributed by atoms with Gasteiger partial charge in [0.05, 0.1) is 12.7 Å². The third kappa shape index (κ3) is 1.98. The molecule has 2 aliphatic rings. The highest BCUT2D eigenvalue weighted by atomic mass is 19.3. The number of hydrogen-bond donors (Lipinski definition) is 0. The molecule has 0 saturated carbocycles. The number of ether oxygens (including phenoxy) is 1. The molecule has 102 valence electrons. The standard InChI is InChI=1S/C13H16F4O/c1-8-3-6-11(13(16,17)12(8,14)15)10-5-4-9(2)18-7-10/h3,6,9-10H,4-5,7H2,1-2H3. The lowest BCUT2D eigenvalue weighted by atomic mass is 9.81. The Labute approximate surface area is 104 Å². The molecule has 0 amide bonds. The van der Waals surface area contributed by atoms with E-state index < -0.39 is 28.9 Å². The van der Waals surface area contributed by atoms with Gasteiger partial charge in [0.2, 0.25) is 0 Å². The number of halogens is 4. The molecule has 0 aromatic rings. The first-order valence-electron chi connectivity index (χ1n) is 6.03. The van der Waals surface area contributed by atoms with E-state index in [9.17, 15) is 17.6 Å². The fourth-order valence-corrected chi connectivity index (χ4v) is 2.37. The molecule has 0 bridgehead atoms. The number of hydrogen-bond acceptors (Lipinski definition) is 1. The smallest absolute Gasteiger partial charge is 0.336 e. The van der Waals surface area contributed by atoms with E-state index in [-0.39, 0.29) is 12.7 Å². The van der Waals surface area contributed by atoms with Crippen molar-refractivity contribution >= 4 is 0 Å². The first-order valence-corrected chi connectivity index (χ1v) is 6.03. The molecule has 0 aromatic carbocycles. The lowest BCUT2D eigenvalue weighted by molar-refractivity contribution is -0.170. The number of rotatable bonds is 1. The van der Waals surface area contributed by atoms with E-state index in [1.165, 1.54) is 0 Å². The average Bonchev–Trinajstić information content (AvgIpc) is 2.29. The lowest BCUT2D eigenvalue weighted by Gasteiger charge is -2.37. The largest absolute Gasteiger partial charge is 0.378 e. The van der Waals surface area contributed by atoms with E-state index >= 15 is 0 Å². The topological polar surface area (TPSA) is 9.23 Å². The highest BCUT2D eigenvalue weighted by Crippen LogP contribution is 2.50. The average molecular weight is 264 g/mol. The van der Waals surface area contributed by atoms with Gasteiger partial charge in [0.25, 0.3) is 0 Å². The van der Waals surface area contributed by atoms with E-state index in [2.05, 4.69) is 0 Å². The van der Waals surface area contributed by atoms with E-state index in [0.29, 0.717) is 12.8 Å². The third-order valence-electron chi connectivity index (χ3n) is 3.71. The summed E-state index contributed by atoms with van der Waals surface area (Å²) in [6.45, 7) is 2.97. The third-order valence-corrected chi connectivity index (χ3v) is 3.71. The highest BCUT2D eigenvalue weighted by Gasteiger charge is 2.61. The van der Waals surface area contributed by atoms with Crippen LogP contribution in [0.4, 0.5) is 17.6 Å². The second-order valence-corrected chi connectivity index (χ2v) is 5.04. The normalized spacial score (nSPS) is 34.8. The quantitative estimate of drug-likeness (QED) is 0.651. The summed E-state index contributed by atoms with van der Waals surface area (Å²) in [5, 5.41) is 0. The molecule has 2 atom stereocenters. The predicted octanol–water partition coefficient (Wildman–Crippen LogP) is 3.96. The van der Waals surface area contributed by atoms with Crippen LogP contribution in [0.2, 0.25) is 0 Å². The summed E-state index contributed by atoms with van der Waals surface area (Å²) in [6.07, 6.45) is 3.32. The van der Waals surface area contributed by atoms with Gasteiger partial charge in [-0.1, -0.05) is 12.2 Å². The summed E-state index contributed by atoms with van der Waals surface area (Å²) < 4.78 is 60.1. The Kier molecular flexibility index (Phi) is 3.30. The summed E-state index contributed by atoms with van der Waals surface area (Å²) in [6, 6.07) is 0. The van der Waals surface area contributed by atoms with Crippen LogP contribution in [-0.2, 0) is 4.74 Å². The number of allylic oxidation sites excluding steroid dienone is 3. The Morgan fingerprint density at radius 2 is 1.78 bits per heavy atom. The Bertz CT molecular complexity index is 390. The van der Waals surface area contributed by atoms with Crippen LogP contribution in [0.3, 0.4) is 0 Å². The molecule has 1 aliphatic carbocycles. The van der Waals surface area contributed by atoms with Crippen LogP contribution in [0, 0.1) is 5.92 Å². The van der Waals surface area contributed by atoms with E-state index in [1.807, 2.05) is 6.92 Å².